The van der Waals surface area contributed by atoms with Crippen LogP contribution in [0.3, 0.4) is 0 Å². The van der Waals surface area contributed by atoms with Gasteiger partial charge in [0.05, 0.1) is 3.79 Å². The van der Waals surface area contributed by atoms with Gasteiger partial charge < -0.3 is 9.69 Å². The van der Waals surface area contributed by atoms with E-state index in [2.05, 4.69) is 39.3 Å². The zero-order chi connectivity index (χ0) is 13.0. The lowest BCUT2D eigenvalue weighted by Gasteiger charge is -2.35. The summed E-state index contributed by atoms with van der Waals surface area (Å²) in [6.45, 7) is 1.82. The van der Waals surface area contributed by atoms with Gasteiger partial charge in [0.2, 0.25) is 0 Å². The molecule has 0 spiro atoms. The standard InChI is InChI=1S/C14H20BrNOS/c1-16(8-12-7-13(15)18-9-12)10-14(11-17)5-3-2-4-6-14/h7,9,11H,2-6,8,10H2,1H3. The van der Waals surface area contributed by atoms with Crippen LogP contribution in [-0.4, -0.2) is 24.8 Å². The molecule has 0 saturated heterocycles. The van der Waals surface area contributed by atoms with Crippen molar-refractivity contribution >= 4 is 33.6 Å². The second kappa shape index (κ2) is 6.31. The zero-order valence-electron chi connectivity index (χ0n) is 10.8. The molecule has 18 heavy (non-hydrogen) atoms. The number of halogens is 1. The van der Waals surface area contributed by atoms with Crippen LogP contribution in [0.1, 0.15) is 37.7 Å². The monoisotopic (exact) mass is 329 g/mol. The molecule has 2 rings (SSSR count). The number of rotatable bonds is 5. The molecule has 1 saturated carbocycles. The van der Waals surface area contributed by atoms with Crippen LogP contribution in [0.5, 0.6) is 0 Å². The van der Waals surface area contributed by atoms with Crippen LogP contribution in [0.25, 0.3) is 0 Å². The van der Waals surface area contributed by atoms with E-state index in [1.807, 2.05) is 0 Å². The number of hydrogen-bond acceptors (Lipinski definition) is 3. The lowest BCUT2D eigenvalue weighted by Crippen LogP contribution is -2.38. The number of hydrogen-bond donors (Lipinski definition) is 0. The molecule has 0 aromatic carbocycles. The van der Waals surface area contributed by atoms with E-state index in [0.29, 0.717) is 0 Å². The summed E-state index contributed by atoms with van der Waals surface area (Å²) in [6.07, 6.45) is 7.04. The minimum Gasteiger partial charge on any atom is -0.303 e. The molecule has 1 fully saturated rings. The Morgan fingerprint density at radius 3 is 2.72 bits per heavy atom. The molecular formula is C14H20BrNOS. The van der Waals surface area contributed by atoms with Crippen molar-refractivity contribution in [3.8, 4) is 0 Å². The minimum absolute atomic E-state index is 0.0831. The van der Waals surface area contributed by atoms with Crippen molar-refractivity contribution in [2.75, 3.05) is 13.6 Å². The third-order valence-electron chi connectivity index (χ3n) is 3.76. The SMILES string of the molecule is CN(Cc1csc(Br)c1)CC1(C=O)CCCCC1. The molecule has 0 atom stereocenters. The first kappa shape index (κ1) is 14.2. The maximum Gasteiger partial charge on any atom is 0.127 e. The Morgan fingerprint density at radius 1 is 1.44 bits per heavy atom. The molecule has 0 N–H and O–H groups in total. The summed E-state index contributed by atoms with van der Waals surface area (Å²) >= 11 is 5.21. The normalized spacial score (nSPS) is 19.1. The third-order valence-corrected chi connectivity index (χ3v) is 5.31. The van der Waals surface area contributed by atoms with Gasteiger partial charge in [-0.25, -0.2) is 0 Å². The maximum atomic E-state index is 11.4. The van der Waals surface area contributed by atoms with Crippen molar-refractivity contribution < 1.29 is 4.79 Å². The highest BCUT2D eigenvalue weighted by Crippen LogP contribution is 2.35. The summed E-state index contributed by atoms with van der Waals surface area (Å²) in [5.74, 6) is 0. The van der Waals surface area contributed by atoms with Gasteiger partial charge in [-0.05, 0) is 52.8 Å². The molecule has 1 aliphatic rings. The van der Waals surface area contributed by atoms with Gasteiger partial charge in [-0.1, -0.05) is 19.3 Å². The zero-order valence-corrected chi connectivity index (χ0v) is 13.2. The predicted molar refractivity (Wildman–Crippen MR) is 79.9 cm³/mol. The molecule has 1 heterocycles. The lowest BCUT2D eigenvalue weighted by molar-refractivity contribution is -0.119. The Hall–Kier alpha value is -0.190. The molecule has 0 radical (unpaired) electrons. The van der Waals surface area contributed by atoms with E-state index < -0.39 is 0 Å². The number of carbonyl (C=O) groups excluding carboxylic acids is 1. The fourth-order valence-corrected chi connectivity index (χ4v) is 4.10. The fraction of sp³-hybridized carbons (Fsp3) is 0.643. The summed E-state index contributed by atoms with van der Waals surface area (Å²) in [5.41, 5.74) is 1.24. The van der Waals surface area contributed by atoms with Crippen LogP contribution in [0.15, 0.2) is 15.2 Å². The van der Waals surface area contributed by atoms with Crippen molar-refractivity contribution in [2.45, 2.75) is 38.6 Å². The summed E-state index contributed by atoms with van der Waals surface area (Å²) in [7, 11) is 2.12. The molecule has 0 bridgehead atoms. The molecule has 2 nitrogen and oxygen atoms in total. The number of aldehydes is 1. The van der Waals surface area contributed by atoms with Gasteiger partial charge in [0, 0.05) is 18.5 Å². The van der Waals surface area contributed by atoms with Gasteiger partial charge in [0.15, 0.2) is 0 Å². The fourth-order valence-electron chi connectivity index (χ4n) is 2.90. The van der Waals surface area contributed by atoms with E-state index in [1.165, 1.54) is 34.9 Å². The van der Waals surface area contributed by atoms with Crippen LogP contribution in [0.2, 0.25) is 0 Å². The first-order valence-corrected chi connectivity index (χ1v) is 8.19. The molecule has 0 aliphatic heterocycles. The van der Waals surface area contributed by atoms with Crippen molar-refractivity contribution in [1.29, 1.82) is 0 Å². The van der Waals surface area contributed by atoms with Crippen LogP contribution >= 0.6 is 27.3 Å². The van der Waals surface area contributed by atoms with E-state index in [9.17, 15) is 4.79 Å². The molecule has 1 aliphatic carbocycles. The first-order chi connectivity index (χ1) is 8.63. The molecule has 100 valence electrons. The van der Waals surface area contributed by atoms with Gasteiger partial charge in [0.1, 0.15) is 6.29 Å². The van der Waals surface area contributed by atoms with Crippen molar-refractivity contribution in [1.82, 2.24) is 4.90 Å². The van der Waals surface area contributed by atoms with Gasteiger partial charge in [0.25, 0.3) is 0 Å². The van der Waals surface area contributed by atoms with Crippen LogP contribution in [-0.2, 0) is 11.3 Å². The Labute approximate surface area is 122 Å². The minimum atomic E-state index is -0.0831. The predicted octanol–water partition coefficient (Wildman–Crippen LogP) is 4.09. The second-order valence-electron chi connectivity index (χ2n) is 5.47. The number of carbonyl (C=O) groups is 1. The van der Waals surface area contributed by atoms with Crippen molar-refractivity contribution in [2.24, 2.45) is 5.41 Å². The largest absolute Gasteiger partial charge is 0.303 e. The highest BCUT2D eigenvalue weighted by Gasteiger charge is 2.32. The lowest BCUT2D eigenvalue weighted by atomic mass is 9.75. The number of nitrogens with zero attached hydrogens (tertiary/aromatic N) is 1. The summed E-state index contributed by atoms with van der Waals surface area (Å²) in [4.78, 5) is 13.7. The van der Waals surface area contributed by atoms with E-state index in [4.69, 9.17) is 0 Å². The number of thiophene rings is 1. The Balaban J connectivity index is 1.92. The maximum absolute atomic E-state index is 11.4. The quantitative estimate of drug-likeness (QED) is 0.758. The van der Waals surface area contributed by atoms with Crippen LogP contribution < -0.4 is 0 Å². The van der Waals surface area contributed by atoms with E-state index in [-0.39, 0.29) is 5.41 Å². The van der Waals surface area contributed by atoms with Crippen LogP contribution in [0, 0.1) is 5.41 Å². The molecule has 0 unspecified atom stereocenters. The van der Waals surface area contributed by atoms with E-state index in [0.717, 1.165) is 25.9 Å². The summed E-state index contributed by atoms with van der Waals surface area (Å²) in [5, 5.41) is 2.18. The van der Waals surface area contributed by atoms with Crippen LogP contribution in [0.4, 0.5) is 0 Å². The Kier molecular flexibility index (Phi) is 4.98. The molecule has 1 aromatic heterocycles. The van der Waals surface area contributed by atoms with Crippen molar-refractivity contribution in [3.05, 3.63) is 20.8 Å². The molecule has 0 amide bonds. The van der Waals surface area contributed by atoms with Gasteiger partial charge in [-0.3, -0.25) is 0 Å². The summed E-state index contributed by atoms with van der Waals surface area (Å²) in [6, 6.07) is 2.16. The van der Waals surface area contributed by atoms with Gasteiger partial charge in [-0.15, -0.1) is 11.3 Å². The first-order valence-electron chi connectivity index (χ1n) is 6.51. The highest BCUT2D eigenvalue weighted by atomic mass is 79.9. The van der Waals surface area contributed by atoms with Gasteiger partial charge in [-0.2, -0.15) is 0 Å². The average molecular weight is 330 g/mol. The van der Waals surface area contributed by atoms with E-state index in [1.54, 1.807) is 11.3 Å². The molecule has 1 aromatic rings. The average Bonchev–Trinajstić information content (AvgIpc) is 2.75. The topological polar surface area (TPSA) is 20.3 Å². The molecule has 4 heteroatoms. The smallest absolute Gasteiger partial charge is 0.127 e. The Morgan fingerprint density at radius 2 is 2.17 bits per heavy atom. The highest BCUT2D eigenvalue weighted by molar-refractivity contribution is 9.11. The summed E-state index contributed by atoms with van der Waals surface area (Å²) < 4.78 is 1.17. The third kappa shape index (κ3) is 3.65. The Bertz CT molecular complexity index is 398. The van der Waals surface area contributed by atoms with E-state index >= 15 is 0 Å². The molecular weight excluding hydrogens is 310 g/mol. The van der Waals surface area contributed by atoms with Crippen molar-refractivity contribution in [3.63, 3.8) is 0 Å². The second-order valence-corrected chi connectivity index (χ2v) is 7.76. The van der Waals surface area contributed by atoms with Gasteiger partial charge >= 0.3 is 0 Å².